The topological polar surface area (TPSA) is 47.2 Å². The standard InChI is InChI=1S/C18H18N2O2/c21-18(17-7-3-4-12-19(17)22)20(14-9-10-14)16-11-8-13-5-1-2-6-15(13)16/h1-7,12,14,16H,8-11H2/t16-/m0/s1. The van der Waals surface area contributed by atoms with Crippen LogP contribution in [0.15, 0.2) is 48.7 Å². The summed E-state index contributed by atoms with van der Waals surface area (Å²) in [6.45, 7) is 0. The molecular formula is C18H18N2O2. The van der Waals surface area contributed by atoms with E-state index in [4.69, 9.17) is 0 Å². The second kappa shape index (κ2) is 5.13. The van der Waals surface area contributed by atoms with Crippen molar-refractivity contribution in [2.75, 3.05) is 0 Å². The molecule has 0 spiro atoms. The van der Waals surface area contributed by atoms with Crippen molar-refractivity contribution in [1.29, 1.82) is 0 Å². The molecule has 0 bridgehead atoms. The van der Waals surface area contributed by atoms with E-state index in [1.54, 1.807) is 18.2 Å². The number of hydrogen-bond donors (Lipinski definition) is 0. The molecule has 1 aromatic carbocycles. The Morgan fingerprint density at radius 2 is 1.86 bits per heavy atom. The Hall–Kier alpha value is -2.36. The molecule has 1 fully saturated rings. The highest BCUT2D eigenvalue weighted by molar-refractivity contribution is 5.91. The molecular weight excluding hydrogens is 276 g/mol. The van der Waals surface area contributed by atoms with Crippen molar-refractivity contribution in [2.45, 2.75) is 37.8 Å². The van der Waals surface area contributed by atoms with Gasteiger partial charge in [-0.15, -0.1) is 0 Å². The average Bonchev–Trinajstić information content (AvgIpc) is 3.28. The summed E-state index contributed by atoms with van der Waals surface area (Å²) in [5.41, 5.74) is 2.80. The predicted molar refractivity (Wildman–Crippen MR) is 82.1 cm³/mol. The zero-order valence-corrected chi connectivity index (χ0v) is 12.3. The highest BCUT2D eigenvalue weighted by Crippen LogP contribution is 2.42. The van der Waals surface area contributed by atoms with E-state index < -0.39 is 0 Å². The lowest BCUT2D eigenvalue weighted by Crippen LogP contribution is -2.43. The maximum absolute atomic E-state index is 12.9. The van der Waals surface area contributed by atoms with Crippen molar-refractivity contribution in [2.24, 2.45) is 0 Å². The molecule has 4 rings (SSSR count). The van der Waals surface area contributed by atoms with E-state index in [1.165, 1.54) is 17.3 Å². The number of hydrogen-bond acceptors (Lipinski definition) is 2. The number of nitrogens with zero attached hydrogens (tertiary/aromatic N) is 2. The number of pyridine rings is 1. The third-order valence-corrected chi connectivity index (χ3v) is 4.65. The van der Waals surface area contributed by atoms with Crippen LogP contribution in [-0.2, 0) is 6.42 Å². The van der Waals surface area contributed by atoms with Gasteiger partial charge in [-0.1, -0.05) is 24.3 Å². The van der Waals surface area contributed by atoms with Gasteiger partial charge in [-0.25, -0.2) is 0 Å². The van der Waals surface area contributed by atoms with Crippen molar-refractivity contribution >= 4 is 5.91 Å². The van der Waals surface area contributed by atoms with Crippen LogP contribution in [0.4, 0.5) is 0 Å². The van der Waals surface area contributed by atoms with E-state index in [2.05, 4.69) is 12.1 Å². The van der Waals surface area contributed by atoms with E-state index in [0.717, 1.165) is 25.7 Å². The van der Waals surface area contributed by atoms with Crippen LogP contribution in [0.25, 0.3) is 0 Å². The molecule has 0 unspecified atom stereocenters. The fourth-order valence-electron chi connectivity index (χ4n) is 3.46. The minimum atomic E-state index is -0.139. The smallest absolute Gasteiger partial charge is 0.320 e. The van der Waals surface area contributed by atoms with Crippen molar-refractivity contribution in [3.63, 3.8) is 0 Å². The van der Waals surface area contributed by atoms with Crippen molar-refractivity contribution in [3.8, 4) is 0 Å². The van der Waals surface area contributed by atoms with E-state index in [9.17, 15) is 10.0 Å². The summed E-state index contributed by atoms with van der Waals surface area (Å²) in [7, 11) is 0. The highest BCUT2D eigenvalue weighted by atomic mass is 16.5. The Labute approximate surface area is 129 Å². The van der Waals surface area contributed by atoms with Gasteiger partial charge in [0, 0.05) is 18.2 Å². The molecule has 1 aromatic heterocycles. The van der Waals surface area contributed by atoms with Crippen molar-refractivity contribution < 1.29 is 9.52 Å². The van der Waals surface area contributed by atoms with Crippen molar-refractivity contribution in [3.05, 3.63) is 70.7 Å². The molecule has 1 amide bonds. The molecule has 0 saturated heterocycles. The highest BCUT2D eigenvalue weighted by Gasteiger charge is 2.42. The molecule has 0 N–H and O–H groups in total. The van der Waals surface area contributed by atoms with Crippen LogP contribution in [0, 0.1) is 5.21 Å². The van der Waals surface area contributed by atoms with Crippen LogP contribution in [0.5, 0.6) is 0 Å². The molecule has 2 aliphatic rings. The van der Waals surface area contributed by atoms with Gasteiger partial charge in [0.05, 0.1) is 6.04 Å². The molecule has 0 aliphatic heterocycles. The second-order valence-electron chi connectivity index (χ2n) is 6.11. The van der Waals surface area contributed by atoms with Crippen LogP contribution in [-0.4, -0.2) is 16.8 Å². The Bertz CT molecular complexity index is 725. The zero-order valence-electron chi connectivity index (χ0n) is 12.3. The fourth-order valence-corrected chi connectivity index (χ4v) is 3.46. The first-order valence-corrected chi connectivity index (χ1v) is 7.84. The first kappa shape index (κ1) is 13.3. The van der Waals surface area contributed by atoms with Crippen LogP contribution < -0.4 is 4.73 Å². The number of aromatic nitrogens is 1. The molecule has 2 aromatic rings. The van der Waals surface area contributed by atoms with Crippen LogP contribution in [0.2, 0.25) is 0 Å². The SMILES string of the molecule is O=C(c1cccc[n+]1[O-])N(C1CC1)[C@H]1CCc2ccccc21. The number of benzene rings is 1. The van der Waals surface area contributed by atoms with Crippen molar-refractivity contribution in [1.82, 2.24) is 4.90 Å². The number of carbonyl (C=O) groups is 1. The molecule has 1 heterocycles. The number of amides is 1. The van der Waals surface area contributed by atoms with Gasteiger partial charge in [-0.05, 0) is 42.9 Å². The molecule has 1 atom stereocenters. The van der Waals surface area contributed by atoms with E-state index in [-0.39, 0.29) is 23.7 Å². The quantitative estimate of drug-likeness (QED) is 0.645. The summed E-state index contributed by atoms with van der Waals surface area (Å²) in [6.07, 6.45) is 5.42. The van der Waals surface area contributed by atoms with Gasteiger partial charge in [-0.2, -0.15) is 4.73 Å². The Balaban J connectivity index is 1.71. The van der Waals surface area contributed by atoms with E-state index in [1.807, 2.05) is 17.0 Å². The number of rotatable bonds is 3. The molecule has 0 radical (unpaired) electrons. The Morgan fingerprint density at radius 3 is 2.64 bits per heavy atom. The lowest BCUT2D eigenvalue weighted by Gasteiger charge is -2.29. The molecule has 22 heavy (non-hydrogen) atoms. The normalized spacial score (nSPS) is 19.7. The maximum atomic E-state index is 12.9. The number of fused-ring (bicyclic) bond motifs is 1. The Kier molecular flexibility index (Phi) is 3.10. The van der Waals surface area contributed by atoms with E-state index in [0.29, 0.717) is 4.73 Å². The zero-order chi connectivity index (χ0) is 15.1. The summed E-state index contributed by atoms with van der Waals surface area (Å²) in [6, 6.07) is 13.7. The summed E-state index contributed by atoms with van der Waals surface area (Å²) in [4.78, 5) is 14.9. The molecule has 4 heteroatoms. The van der Waals surface area contributed by atoms with Crippen LogP contribution in [0.3, 0.4) is 0 Å². The molecule has 2 aliphatic carbocycles. The second-order valence-corrected chi connectivity index (χ2v) is 6.11. The minimum absolute atomic E-state index is 0.108. The minimum Gasteiger partial charge on any atom is -0.618 e. The van der Waals surface area contributed by atoms with Crippen LogP contribution in [0.1, 0.15) is 46.9 Å². The summed E-state index contributed by atoms with van der Waals surface area (Å²) in [5, 5.41) is 11.9. The van der Waals surface area contributed by atoms with Gasteiger partial charge >= 0.3 is 5.91 Å². The first-order valence-electron chi connectivity index (χ1n) is 7.84. The predicted octanol–water partition coefficient (Wildman–Crippen LogP) is 2.61. The summed E-state index contributed by atoms with van der Waals surface area (Å²) >= 11 is 0. The lowest BCUT2D eigenvalue weighted by molar-refractivity contribution is -0.608. The third-order valence-electron chi connectivity index (χ3n) is 4.65. The molecule has 112 valence electrons. The first-order chi connectivity index (χ1) is 10.8. The monoisotopic (exact) mass is 294 g/mol. The molecule has 4 nitrogen and oxygen atoms in total. The summed E-state index contributed by atoms with van der Waals surface area (Å²) in [5.74, 6) is -0.139. The molecule has 1 saturated carbocycles. The van der Waals surface area contributed by atoms with Gasteiger partial charge in [-0.3, -0.25) is 4.79 Å². The van der Waals surface area contributed by atoms with E-state index >= 15 is 0 Å². The third kappa shape index (κ3) is 2.15. The Morgan fingerprint density at radius 1 is 1.09 bits per heavy atom. The average molecular weight is 294 g/mol. The van der Waals surface area contributed by atoms with Gasteiger partial charge in [0.2, 0.25) is 0 Å². The van der Waals surface area contributed by atoms with Gasteiger partial charge in [0.15, 0.2) is 6.20 Å². The lowest BCUT2D eigenvalue weighted by atomic mass is 10.1. The number of carbonyl (C=O) groups excluding carboxylic acids is 1. The maximum Gasteiger partial charge on any atom is 0.320 e. The largest absolute Gasteiger partial charge is 0.618 e. The van der Waals surface area contributed by atoms with Crippen LogP contribution >= 0.6 is 0 Å². The van der Waals surface area contributed by atoms with Gasteiger partial charge < -0.3 is 10.1 Å². The van der Waals surface area contributed by atoms with Gasteiger partial charge in [0.1, 0.15) is 0 Å². The summed E-state index contributed by atoms with van der Waals surface area (Å²) < 4.78 is 0.679. The van der Waals surface area contributed by atoms with Gasteiger partial charge in [0.25, 0.3) is 5.69 Å². The fraction of sp³-hybridized carbons (Fsp3) is 0.333. The number of aryl methyl sites for hydroxylation is 1.